The normalized spacial score (nSPS) is 19.1. The summed E-state index contributed by atoms with van der Waals surface area (Å²) < 4.78 is 0. The number of benzene rings is 1. The number of hydrogen-bond acceptors (Lipinski definition) is 0. The monoisotopic (exact) mass is 273 g/mol. The van der Waals surface area contributed by atoms with Crippen molar-refractivity contribution in [1.29, 1.82) is 0 Å². The molecule has 3 atom stereocenters. The van der Waals surface area contributed by atoms with Crippen molar-refractivity contribution < 1.29 is 0 Å². The standard InChI is InChI=1S/C19H34B/c1-8-16(5)20(17(6)9-2,18(7)10-3)19-13-11-15(4)12-14-19/h11-14,16-18H,8-10H2,1-7H3/q-1. The minimum atomic E-state index is -0.506. The van der Waals surface area contributed by atoms with Crippen LogP contribution in [0.15, 0.2) is 24.3 Å². The Morgan fingerprint density at radius 2 is 1.10 bits per heavy atom. The highest BCUT2D eigenvalue weighted by Gasteiger charge is 2.38. The number of rotatable bonds is 7. The van der Waals surface area contributed by atoms with Crippen LogP contribution in [-0.4, -0.2) is 6.15 Å². The van der Waals surface area contributed by atoms with Crippen LogP contribution < -0.4 is 5.46 Å². The van der Waals surface area contributed by atoms with E-state index in [1.54, 1.807) is 5.46 Å². The molecule has 1 heteroatoms. The summed E-state index contributed by atoms with van der Waals surface area (Å²) >= 11 is 0. The highest BCUT2D eigenvalue weighted by atomic mass is 14.2. The second-order valence-electron chi connectivity index (χ2n) is 7.14. The van der Waals surface area contributed by atoms with Crippen LogP contribution in [0.2, 0.25) is 17.5 Å². The zero-order valence-corrected chi connectivity index (χ0v) is 14.7. The Morgan fingerprint density at radius 1 is 0.750 bits per heavy atom. The first-order valence-electron chi connectivity index (χ1n) is 8.69. The van der Waals surface area contributed by atoms with Crippen LogP contribution in [0.4, 0.5) is 0 Å². The second-order valence-corrected chi connectivity index (χ2v) is 7.14. The third kappa shape index (κ3) is 2.97. The molecular weight excluding hydrogens is 239 g/mol. The molecule has 0 bridgehead atoms. The maximum atomic E-state index is 2.48. The SMILES string of the molecule is CCC(C)[B-](c1ccc(C)cc1)(C(C)CC)C(C)CC. The van der Waals surface area contributed by atoms with Gasteiger partial charge in [0.2, 0.25) is 0 Å². The summed E-state index contributed by atoms with van der Waals surface area (Å²) in [6.45, 7) is 16.7. The summed E-state index contributed by atoms with van der Waals surface area (Å²) in [5.41, 5.74) is 2.99. The van der Waals surface area contributed by atoms with E-state index in [9.17, 15) is 0 Å². The lowest BCUT2D eigenvalue weighted by molar-refractivity contribution is 0.700. The van der Waals surface area contributed by atoms with Crippen molar-refractivity contribution in [3.05, 3.63) is 29.8 Å². The summed E-state index contributed by atoms with van der Waals surface area (Å²) in [7, 11) is 0. The molecule has 114 valence electrons. The third-order valence-electron chi connectivity index (χ3n) is 6.41. The van der Waals surface area contributed by atoms with Crippen molar-refractivity contribution in [3.8, 4) is 0 Å². The van der Waals surface area contributed by atoms with Gasteiger partial charge in [-0.25, -0.2) is 5.46 Å². The number of aryl methyl sites for hydroxylation is 1. The molecule has 0 saturated heterocycles. The Hall–Kier alpha value is -0.715. The maximum Gasteiger partial charge on any atom is 0.0361 e. The van der Waals surface area contributed by atoms with E-state index in [0.29, 0.717) is 0 Å². The smallest absolute Gasteiger partial charge is 0.0361 e. The van der Waals surface area contributed by atoms with Gasteiger partial charge < -0.3 is 0 Å². The fraction of sp³-hybridized carbons (Fsp3) is 0.684. The first-order valence-corrected chi connectivity index (χ1v) is 8.69. The van der Waals surface area contributed by atoms with E-state index >= 15 is 0 Å². The second kappa shape index (κ2) is 7.34. The molecule has 0 radical (unpaired) electrons. The lowest BCUT2D eigenvalue weighted by Crippen LogP contribution is -2.57. The van der Waals surface area contributed by atoms with Gasteiger partial charge in [0, 0.05) is 6.15 Å². The van der Waals surface area contributed by atoms with Gasteiger partial charge >= 0.3 is 0 Å². The zero-order valence-electron chi connectivity index (χ0n) is 14.7. The first-order chi connectivity index (χ1) is 9.44. The molecule has 1 aromatic rings. The average molecular weight is 273 g/mol. The van der Waals surface area contributed by atoms with E-state index < -0.39 is 6.15 Å². The molecular formula is C19H34B-. The van der Waals surface area contributed by atoms with Gasteiger partial charge in [-0.1, -0.05) is 90.6 Å². The van der Waals surface area contributed by atoms with Gasteiger partial charge in [-0.05, 0) is 6.92 Å². The zero-order chi connectivity index (χ0) is 15.3. The molecule has 0 aliphatic heterocycles. The van der Waals surface area contributed by atoms with Crippen LogP contribution in [0.1, 0.15) is 66.4 Å². The lowest BCUT2D eigenvalue weighted by atomic mass is 9.06. The Balaban J connectivity index is 3.46. The Bertz CT molecular complexity index is 366. The van der Waals surface area contributed by atoms with E-state index in [1.807, 2.05) is 0 Å². The predicted octanol–water partition coefficient (Wildman–Crippen LogP) is 6.05. The molecule has 0 heterocycles. The molecule has 3 unspecified atom stereocenters. The lowest BCUT2D eigenvalue weighted by Gasteiger charge is -2.55. The largest absolute Gasteiger partial charge is 0.209 e. The molecule has 0 spiro atoms. The van der Waals surface area contributed by atoms with Gasteiger partial charge in [-0.3, -0.25) is 0 Å². The van der Waals surface area contributed by atoms with Crippen molar-refractivity contribution in [2.75, 3.05) is 0 Å². The van der Waals surface area contributed by atoms with E-state index in [4.69, 9.17) is 0 Å². The van der Waals surface area contributed by atoms with Gasteiger partial charge in [0.15, 0.2) is 0 Å². The average Bonchev–Trinajstić information content (AvgIpc) is 2.48. The van der Waals surface area contributed by atoms with Gasteiger partial charge in [0.1, 0.15) is 0 Å². The molecule has 0 N–H and O–H groups in total. The van der Waals surface area contributed by atoms with Crippen molar-refractivity contribution in [2.24, 2.45) is 0 Å². The summed E-state index contributed by atoms with van der Waals surface area (Å²) in [6.07, 6.45) is 3.34. The van der Waals surface area contributed by atoms with Crippen molar-refractivity contribution in [3.63, 3.8) is 0 Å². The summed E-state index contributed by atoms with van der Waals surface area (Å²) in [5.74, 6) is 2.34. The van der Waals surface area contributed by atoms with Crippen molar-refractivity contribution in [2.45, 2.75) is 85.2 Å². The van der Waals surface area contributed by atoms with Crippen LogP contribution in [0.5, 0.6) is 0 Å². The highest BCUT2D eigenvalue weighted by Crippen LogP contribution is 2.45. The molecule has 0 fully saturated rings. The molecule has 1 rings (SSSR count). The van der Waals surface area contributed by atoms with E-state index in [-0.39, 0.29) is 0 Å². The van der Waals surface area contributed by atoms with Crippen LogP contribution in [0.3, 0.4) is 0 Å². The van der Waals surface area contributed by atoms with E-state index in [2.05, 4.69) is 72.7 Å². The minimum Gasteiger partial charge on any atom is -0.209 e. The Kier molecular flexibility index (Phi) is 6.36. The van der Waals surface area contributed by atoms with Gasteiger partial charge in [0.25, 0.3) is 0 Å². The topological polar surface area (TPSA) is 0 Å². The molecule has 0 aliphatic carbocycles. The maximum absolute atomic E-state index is 2.48. The summed E-state index contributed by atoms with van der Waals surface area (Å²) in [5, 5.41) is 0. The Labute approximate surface area is 127 Å². The minimum absolute atomic E-state index is 0.506. The van der Waals surface area contributed by atoms with Gasteiger partial charge in [-0.2, -0.15) is 17.5 Å². The van der Waals surface area contributed by atoms with Gasteiger partial charge in [-0.15, -0.1) is 0 Å². The van der Waals surface area contributed by atoms with Crippen molar-refractivity contribution >= 4 is 11.6 Å². The molecule has 20 heavy (non-hydrogen) atoms. The molecule has 0 saturated carbocycles. The highest BCUT2D eigenvalue weighted by molar-refractivity contribution is 6.95. The molecule has 0 aliphatic rings. The van der Waals surface area contributed by atoms with Crippen LogP contribution in [0, 0.1) is 6.92 Å². The summed E-state index contributed by atoms with van der Waals surface area (Å²) in [4.78, 5) is 0. The predicted molar refractivity (Wildman–Crippen MR) is 95.7 cm³/mol. The molecule has 0 amide bonds. The quantitative estimate of drug-likeness (QED) is 0.530. The Morgan fingerprint density at radius 3 is 1.40 bits per heavy atom. The molecule has 0 aromatic heterocycles. The third-order valence-corrected chi connectivity index (χ3v) is 6.41. The molecule has 1 aromatic carbocycles. The number of hydrogen-bond donors (Lipinski definition) is 0. The van der Waals surface area contributed by atoms with E-state index in [1.165, 1.54) is 24.8 Å². The van der Waals surface area contributed by atoms with Gasteiger partial charge in [0.05, 0.1) is 0 Å². The van der Waals surface area contributed by atoms with Crippen LogP contribution >= 0.6 is 0 Å². The van der Waals surface area contributed by atoms with Crippen molar-refractivity contribution in [1.82, 2.24) is 0 Å². The first kappa shape index (κ1) is 17.3. The summed E-state index contributed by atoms with van der Waals surface area (Å²) in [6, 6.07) is 9.44. The fourth-order valence-corrected chi connectivity index (χ4v) is 4.74. The van der Waals surface area contributed by atoms with Crippen LogP contribution in [-0.2, 0) is 0 Å². The molecule has 0 nitrogen and oxygen atoms in total. The fourth-order valence-electron chi connectivity index (χ4n) is 4.74. The van der Waals surface area contributed by atoms with E-state index in [0.717, 1.165) is 17.5 Å². The van der Waals surface area contributed by atoms with Crippen LogP contribution in [0.25, 0.3) is 0 Å².